The van der Waals surface area contributed by atoms with Crippen LogP contribution in [0.1, 0.15) is 20.3 Å². The summed E-state index contributed by atoms with van der Waals surface area (Å²) in [5.41, 5.74) is 0.722. The van der Waals surface area contributed by atoms with Crippen LogP contribution >= 0.6 is 0 Å². The maximum absolute atomic E-state index is 11.0. The zero-order valence-corrected chi connectivity index (χ0v) is 14.7. The molecule has 0 fully saturated rings. The molecule has 0 saturated heterocycles. The van der Waals surface area contributed by atoms with Gasteiger partial charge in [-0.3, -0.25) is 9.79 Å². The van der Waals surface area contributed by atoms with Gasteiger partial charge in [-0.15, -0.1) is 0 Å². The number of nitrogens with zero attached hydrogens (tertiary/aromatic N) is 1. The van der Waals surface area contributed by atoms with Crippen molar-refractivity contribution in [3.05, 3.63) is 24.3 Å². The Balaban J connectivity index is 2.23. The summed E-state index contributed by atoms with van der Waals surface area (Å²) in [6.07, 6.45) is 0.932. The van der Waals surface area contributed by atoms with E-state index in [1.165, 1.54) is 6.92 Å². The zero-order valence-electron chi connectivity index (χ0n) is 14.7. The summed E-state index contributed by atoms with van der Waals surface area (Å²) in [5, 5.41) is 9.12. The van der Waals surface area contributed by atoms with E-state index >= 15 is 0 Å². The molecular formula is C17H28N4O3. The molecule has 1 aromatic rings. The van der Waals surface area contributed by atoms with Crippen molar-refractivity contribution in [3.8, 4) is 5.75 Å². The van der Waals surface area contributed by atoms with E-state index in [-0.39, 0.29) is 5.91 Å². The SMILES string of the molecule is CCOCCCNC(=NC)NCCOc1cccc(NC(C)=O)c1. The van der Waals surface area contributed by atoms with Gasteiger partial charge < -0.3 is 25.4 Å². The van der Waals surface area contributed by atoms with Gasteiger partial charge in [0.2, 0.25) is 5.91 Å². The van der Waals surface area contributed by atoms with Crippen molar-refractivity contribution >= 4 is 17.6 Å². The number of rotatable bonds is 10. The van der Waals surface area contributed by atoms with Crippen LogP contribution < -0.4 is 20.7 Å². The molecule has 7 nitrogen and oxygen atoms in total. The topological polar surface area (TPSA) is 84.0 Å². The normalized spacial score (nSPS) is 11.0. The first-order valence-electron chi connectivity index (χ1n) is 8.18. The molecule has 0 aliphatic heterocycles. The highest BCUT2D eigenvalue weighted by Crippen LogP contribution is 2.16. The smallest absolute Gasteiger partial charge is 0.221 e. The molecule has 1 aromatic carbocycles. The number of amides is 1. The maximum atomic E-state index is 11.0. The largest absolute Gasteiger partial charge is 0.492 e. The molecule has 24 heavy (non-hydrogen) atoms. The molecule has 1 amide bonds. The second-order valence-corrected chi connectivity index (χ2v) is 5.03. The zero-order chi connectivity index (χ0) is 17.6. The van der Waals surface area contributed by atoms with Gasteiger partial charge in [0, 0.05) is 45.5 Å². The standard InChI is InChI=1S/C17H28N4O3/c1-4-23-11-6-9-19-17(18-3)20-10-12-24-16-8-5-7-15(13-16)21-14(2)22/h5,7-8,13H,4,6,9-12H2,1-3H3,(H,21,22)(H2,18,19,20). The number of hydrogen-bond acceptors (Lipinski definition) is 4. The van der Waals surface area contributed by atoms with Gasteiger partial charge in [0.1, 0.15) is 12.4 Å². The number of carbonyl (C=O) groups is 1. The fraction of sp³-hybridized carbons (Fsp3) is 0.529. The highest BCUT2D eigenvalue weighted by molar-refractivity contribution is 5.88. The van der Waals surface area contributed by atoms with Crippen molar-refractivity contribution < 1.29 is 14.3 Å². The molecule has 134 valence electrons. The van der Waals surface area contributed by atoms with Gasteiger partial charge in [0.05, 0.1) is 6.54 Å². The summed E-state index contributed by atoms with van der Waals surface area (Å²) in [6.45, 7) is 6.86. The third kappa shape index (κ3) is 8.99. The van der Waals surface area contributed by atoms with E-state index in [0.29, 0.717) is 18.9 Å². The highest BCUT2D eigenvalue weighted by Gasteiger charge is 2.00. The molecule has 7 heteroatoms. The monoisotopic (exact) mass is 336 g/mol. The summed E-state index contributed by atoms with van der Waals surface area (Å²) in [4.78, 5) is 15.2. The molecule has 0 saturated carbocycles. The lowest BCUT2D eigenvalue weighted by molar-refractivity contribution is -0.114. The van der Waals surface area contributed by atoms with Crippen LogP contribution in [0.2, 0.25) is 0 Å². The van der Waals surface area contributed by atoms with Crippen molar-refractivity contribution in [1.82, 2.24) is 10.6 Å². The minimum Gasteiger partial charge on any atom is -0.492 e. The van der Waals surface area contributed by atoms with Gasteiger partial charge in [-0.25, -0.2) is 0 Å². The molecule has 0 unspecified atom stereocenters. The third-order valence-corrected chi connectivity index (χ3v) is 3.00. The second kappa shape index (κ2) is 12.2. The van der Waals surface area contributed by atoms with Gasteiger partial charge in [0.25, 0.3) is 0 Å². The fourth-order valence-corrected chi connectivity index (χ4v) is 1.95. The van der Waals surface area contributed by atoms with Gasteiger partial charge in [-0.05, 0) is 25.5 Å². The molecule has 0 radical (unpaired) electrons. The summed E-state index contributed by atoms with van der Waals surface area (Å²) in [6, 6.07) is 7.31. The van der Waals surface area contributed by atoms with E-state index in [1.54, 1.807) is 13.1 Å². The maximum Gasteiger partial charge on any atom is 0.221 e. The van der Waals surface area contributed by atoms with Crippen LogP contribution in [0.25, 0.3) is 0 Å². The highest BCUT2D eigenvalue weighted by atomic mass is 16.5. The Hall–Kier alpha value is -2.28. The van der Waals surface area contributed by atoms with Crippen molar-refractivity contribution in [2.24, 2.45) is 4.99 Å². The molecule has 0 aliphatic carbocycles. The van der Waals surface area contributed by atoms with Crippen LogP contribution in [-0.4, -0.2) is 51.8 Å². The van der Waals surface area contributed by atoms with E-state index in [1.807, 2.05) is 25.1 Å². The van der Waals surface area contributed by atoms with Gasteiger partial charge in [-0.1, -0.05) is 6.07 Å². The lowest BCUT2D eigenvalue weighted by Gasteiger charge is -2.13. The molecule has 3 N–H and O–H groups in total. The van der Waals surface area contributed by atoms with Crippen LogP contribution in [0.5, 0.6) is 5.75 Å². The van der Waals surface area contributed by atoms with E-state index < -0.39 is 0 Å². The Labute approximate surface area is 143 Å². The summed E-state index contributed by atoms with van der Waals surface area (Å²) in [7, 11) is 1.73. The number of guanidine groups is 1. The molecule has 0 spiro atoms. The Morgan fingerprint density at radius 3 is 2.71 bits per heavy atom. The van der Waals surface area contributed by atoms with Crippen LogP contribution in [0.3, 0.4) is 0 Å². The number of anilines is 1. The number of ether oxygens (including phenoxy) is 2. The minimum atomic E-state index is -0.104. The van der Waals surface area contributed by atoms with Crippen molar-refractivity contribution in [3.63, 3.8) is 0 Å². The molecule has 0 atom stereocenters. The van der Waals surface area contributed by atoms with Gasteiger partial charge in [0.15, 0.2) is 5.96 Å². The second-order valence-electron chi connectivity index (χ2n) is 5.03. The fourth-order valence-electron chi connectivity index (χ4n) is 1.95. The number of nitrogens with one attached hydrogen (secondary N) is 3. The number of carbonyl (C=O) groups excluding carboxylic acids is 1. The third-order valence-electron chi connectivity index (χ3n) is 3.00. The summed E-state index contributed by atoms with van der Waals surface area (Å²) in [5.74, 6) is 1.35. The van der Waals surface area contributed by atoms with Crippen LogP contribution in [-0.2, 0) is 9.53 Å². The predicted molar refractivity (Wildman–Crippen MR) is 96.7 cm³/mol. The molecule has 0 aromatic heterocycles. The Morgan fingerprint density at radius 1 is 1.21 bits per heavy atom. The number of benzene rings is 1. The first-order valence-corrected chi connectivity index (χ1v) is 8.18. The van der Waals surface area contributed by atoms with Gasteiger partial charge >= 0.3 is 0 Å². The van der Waals surface area contributed by atoms with E-state index in [2.05, 4.69) is 20.9 Å². The van der Waals surface area contributed by atoms with Crippen molar-refractivity contribution in [1.29, 1.82) is 0 Å². The van der Waals surface area contributed by atoms with E-state index in [0.717, 1.165) is 37.8 Å². The Bertz CT molecular complexity index is 520. The molecule has 1 rings (SSSR count). The molecule has 0 bridgehead atoms. The van der Waals surface area contributed by atoms with Crippen LogP contribution in [0.15, 0.2) is 29.3 Å². The van der Waals surface area contributed by atoms with E-state index in [4.69, 9.17) is 9.47 Å². The Kier molecular flexibility index (Phi) is 10.0. The van der Waals surface area contributed by atoms with E-state index in [9.17, 15) is 4.79 Å². The molecule has 0 aliphatic rings. The predicted octanol–water partition coefficient (Wildman–Crippen LogP) is 1.62. The van der Waals surface area contributed by atoms with Crippen LogP contribution in [0, 0.1) is 0 Å². The summed E-state index contributed by atoms with van der Waals surface area (Å²) < 4.78 is 10.9. The summed E-state index contributed by atoms with van der Waals surface area (Å²) >= 11 is 0. The quantitative estimate of drug-likeness (QED) is 0.343. The lowest BCUT2D eigenvalue weighted by atomic mass is 10.3. The lowest BCUT2D eigenvalue weighted by Crippen LogP contribution is -2.39. The van der Waals surface area contributed by atoms with Gasteiger partial charge in [-0.2, -0.15) is 0 Å². The first kappa shape index (κ1) is 19.8. The molecule has 0 heterocycles. The Morgan fingerprint density at radius 2 is 2.00 bits per heavy atom. The molecular weight excluding hydrogens is 308 g/mol. The van der Waals surface area contributed by atoms with Crippen molar-refractivity contribution in [2.75, 3.05) is 45.3 Å². The van der Waals surface area contributed by atoms with Crippen molar-refractivity contribution in [2.45, 2.75) is 20.3 Å². The average molecular weight is 336 g/mol. The number of hydrogen-bond donors (Lipinski definition) is 3. The van der Waals surface area contributed by atoms with Crippen LogP contribution in [0.4, 0.5) is 5.69 Å². The first-order chi connectivity index (χ1) is 11.7. The number of aliphatic imine (C=N–C) groups is 1. The average Bonchev–Trinajstić information content (AvgIpc) is 2.56. The minimum absolute atomic E-state index is 0.104.